The zero-order valence-electron chi connectivity index (χ0n) is 6.57. The first-order chi connectivity index (χ1) is 5.95. The van der Waals surface area contributed by atoms with Crippen LogP contribution >= 0.6 is 0 Å². The highest BCUT2D eigenvalue weighted by Gasteiger charge is 1.99. The number of para-hydroxylation sites is 1. The van der Waals surface area contributed by atoms with Gasteiger partial charge in [0.05, 0.1) is 18.6 Å². The Hall–Kier alpha value is -1.64. The molecule has 0 atom stereocenters. The molecular weight excluding hydrogens is 150 g/mol. The fraction of sp³-hybridized carbons (Fsp3) is 0.111. The molecule has 60 valence electrons. The minimum absolute atomic E-state index is 0.731. The number of hydrogen-bond acceptors (Lipinski definition) is 2. The molecule has 3 heteroatoms. The Labute approximate surface area is 70.9 Å². The molecule has 1 aromatic rings. The van der Waals surface area contributed by atoms with Crippen molar-refractivity contribution in [3.63, 3.8) is 0 Å². The van der Waals surface area contributed by atoms with Crippen LogP contribution in [0.2, 0.25) is 0 Å². The zero-order valence-corrected chi connectivity index (χ0v) is 6.57. The number of aliphatic imine (C=N–C) groups is 2. The molecule has 0 saturated carbocycles. The van der Waals surface area contributed by atoms with Crippen LogP contribution in [0.15, 0.2) is 40.3 Å². The van der Waals surface area contributed by atoms with Gasteiger partial charge < -0.3 is 5.32 Å². The molecule has 12 heavy (non-hydrogen) atoms. The summed E-state index contributed by atoms with van der Waals surface area (Å²) in [6.07, 6.45) is 1.67. The van der Waals surface area contributed by atoms with Crippen molar-refractivity contribution in [2.45, 2.75) is 0 Å². The minimum Gasteiger partial charge on any atom is -0.369 e. The molecule has 3 nitrogen and oxygen atoms in total. The molecular formula is C9H9N3. The Morgan fingerprint density at radius 3 is 2.75 bits per heavy atom. The SMILES string of the molecule is C1=N/C(=N/c2ccccc2)CN1. The summed E-state index contributed by atoms with van der Waals surface area (Å²) >= 11 is 0. The second-order valence-electron chi connectivity index (χ2n) is 2.50. The first kappa shape index (κ1) is 7.03. The van der Waals surface area contributed by atoms with Crippen molar-refractivity contribution < 1.29 is 0 Å². The Kier molecular flexibility index (Phi) is 1.86. The van der Waals surface area contributed by atoms with Crippen molar-refractivity contribution in [3.05, 3.63) is 30.3 Å². The molecule has 0 amide bonds. The maximum absolute atomic E-state index is 4.31. The first-order valence-electron chi connectivity index (χ1n) is 3.84. The van der Waals surface area contributed by atoms with E-state index in [4.69, 9.17) is 0 Å². The van der Waals surface area contributed by atoms with Gasteiger partial charge in [-0.25, -0.2) is 9.98 Å². The smallest absolute Gasteiger partial charge is 0.149 e. The van der Waals surface area contributed by atoms with Crippen LogP contribution in [-0.2, 0) is 0 Å². The third kappa shape index (κ3) is 1.50. The van der Waals surface area contributed by atoms with Crippen LogP contribution in [0.25, 0.3) is 0 Å². The number of nitrogens with zero attached hydrogens (tertiary/aromatic N) is 2. The summed E-state index contributed by atoms with van der Waals surface area (Å²) in [7, 11) is 0. The highest BCUT2D eigenvalue weighted by Crippen LogP contribution is 2.10. The second-order valence-corrected chi connectivity index (χ2v) is 2.50. The van der Waals surface area contributed by atoms with E-state index in [2.05, 4.69) is 15.3 Å². The van der Waals surface area contributed by atoms with Crippen molar-refractivity contribution in [1.82, 2.24) is 5.32 Å². The topological polar surface area (TPSA) is 36.8 Å². The van der Waals surface area contributed by atoms with Crippen LogP contribution in [0.5, 0.6) is 0 Å². The molecule has 1 aromatic carbocycles. The Morgan fingerprint density at radius 2 is 2.08 bits per heavy atom. The van der Waals surface area contributed by atoms with Crippen molar-refractivity contribution in [1.29, 1.82) is 0 Å². The molecule has 2 rings (SSSR count). The van der Waals surface area contributed by atoms with Crippen LogP contribution in [0, 0.1) is 0 Å². The molecule has 1 heterocycles. The average Bonchev–Trinajstić information content (AvgIpc) is 2.59. The maximum atomic E-state index is 4.31. The second kappa shape index (κ2) is 3.17. The quantitative estimate of drug-likeness (QED) is 0.659. The molecule has 0 spiro atoms. The number of hydrogen-bond donors (Lipinski definition) is 1. The molecule has 0 aliphatic carbocycles. The van der Waals surface area contributed by atoms with E-state index in [0.717, 1.165) is 18.1 Å². The van der Waals surface area contributed by atoms with E-state index >= 15 is 0 Å². The van der Waals surface area contributed by atoms with Gasteiger partial charge in [-0.15, -0.1) is 0 Å². The maximum Gasteiger partial charge on any atom is 0.149 e. The van der Waals surface area contributed by atoms with Crippen molar-refractivity contribution in [2.24, 2.45) is 9.98 Å². The van der Waals surface area contributed by atoms with Crippen LogP contribution in [0.3, 0.4) is 0 Å². The van der Waals surface area contributed by atoms with Gasteiger partial charge in [0, 0.05) is 0 Å². The minimum atomic E-state index is 0.731. The standard InChI is InChI=1S/C9H9N3/c1-2-4-8(5-3-1)12-9-6-10-7-11-9/h1-5,7H,6H2,(H,10,11,12). The van der Waals surface area contributed by atoms with Gasteiger partial charge in [-0.3, -0.25) is 0 Å². The van der Waals surface area contributed by atoms with Crippen molar-refractivity contribution >= 4 is 17.9 Å². The average molecular weight is 159 g/mol. The van der Waals surface area contributed by atoms with Crippen LogP contribution < -0.4 is 5.32 Å². The predicted octanol–water partition coefficient (Wildman–Crippen LogP) is 1.35. The molecule has 0 saturated heterocycles. The molecule has 1 N–H and O–H groups in total. The van der Waals surface area contributed by atoms with Gasteiger partial charge in [0.15, 0.2) is 0 Å². The third-order valence-electron chi connectivity index (χ3n) is 1.58. The van der Waals surface area contributed by atoms with Gasteiger partial charge in [-0.1, -0.05) is 18.2 Å². The lowest BCUT2D eigenvalue weighted by atomic mass is 10.3. The van der Waals surface area contributed by atoms with E-state index < -0.39 is 0 Å². The summed E-state index contributed by atoms with van der Waals surface area (Å²) in [6.45, 7) is 0.731. The van der Waals surface area contributed by atoms with Gasteiger partial charge in [-0.05, 0) is 12.1 Å². The van der Waals surface area contributed by atoms with Gasteiger partial charge in [0.1, 0.15) is 5.84 Å². The van der Waals surface area contributed by atoms with Crippen LogP contribution in [0.1, 0.15) is 0 Å². The lowest BCUT2D eigenvalue weighted by Gasteiger charge is -1.92. The van der Waals surface area contributed by atoms with Crippen molar-refractivity contribution in [2.75, 3.05) is 6.54 Å². The molecule has 1 aliphatic rings. The molecule has 0 aromatic heterocycles. The summed E-state index contributed by atoms with van der Waals surface area (Å²) < 4.78 is 0. The summed E-state index contributed by atoms with van der Waals surface area (Å²) in [5.41, 5.74) is 0.952. The highest BCUT2D eigenvalue weighted by molar-refractivity contribution is 5.97. The van der Waals surface area contributed by atoms with Gasteiger partial charge in [0.2, 0.25) is 0 Å². The number of rotatable bonds is 1. The Bertz CT molecular complexity index is 314. The van der Waals surface area contributed by atoms with E-state index in [1.54, 1.807) is 6.34 Å². The number of nitrogens with one attached hydrogen (secondary N) is 1. The molecule has 0 radical (unpaired) electrons. The van der Waals surface area contributed by atoms with E-state index in [1.165, 1.54) is 0 Å². The van der Waals surface area contributed by atoms with E-state index in [1.807, 2.05) is 30.3 Å². The monoisotopic (exact) mass is 159 g/mol. The largest absolute Gasteiger partial charge is 0.369 e. The fourth-order valence-corrected chi connectivity index (χ4v) is 1.02. The zero-order chi connectivity index (χ0) is 8.23. The lowest BCUT2D eigenvalue weighted by molar-refractivity contribution is 1.14. The number of amidine groups is 1. The lowest BCUT2D eigenvalue weighted by Crippen LogP contribution is -2.09. The van der Waals surface area contributed by atoms with Crippen molar-refractivity contribution in [3.8, 4) is 0 Å². The number of benzene rings is 1. The van der Waals surface area contributed by atoms with E-state index in [9.17, 15) is 0 Å². The predicted molar refractivity (Wildman–Crippen MR) is 50.0 cm³/mol. The third-order valence-corrected chi connectivity index (χ3v) is 1.58. The van der Waals surface area contributed by atoms with Gasteiger partial charge >= 0.3 is 0 Å². The van der Waals surface area contributed by atoms with Crippen LogP contribution in [0.4, 0.5) is 5.69 Å². The van der Waals surface area contributed by atoms with Crippen LogP contribution in [-0.4, -0.2) is 18.7 Å². The summed E-state index contributed by atoms with van der Waals surface area (Å²) in [6, 6.07) is 9.82. The molecule has 0 bridgehead atoms. The highest BCUT2D eigenvalue weighted by atomic mass is 15.1. The Morgan fingerprint density at radius 1 is 1.25 bits per heavy atom. The van der Waals surface area contributed by atoms with E-state index in [0.29, 0.717) is 0 Å². The van der Waals surface area contributed by atoms with E-state index in [-0.39, 0.29) is 0 Å². The molecule has 1 aliphatic heterocycles. The fourth-order valence-electron chi connectivity index (χ4n) is 1.02. The normalized spacial score (nSPS) is 18.2. The summed E-state index contributed by atoms with van der Waals surface area (Å²) in [5, 5.41) is 2.97. The Balaban J connectivity index is 2.22. The molecule has 0 fully saturated rings. The summed E-state index contributed by atoms with van der Waals surface area (Å²) in [5.74, 6) is 0.834. The summed E-state index contributed by atoms with van der Waals surface area (Å²) in [4.78, 5) is 8.36. The van der Waals surface area contributed by atoms with Gasteiger partial charge in [0.25, 0.3) is 0 Å². The molecule has 0 unspecified atom stereocenters. The van der Waals surface area contributed by atoms with Gasteiger partial charge in [-0.2, -0.15) is 0 Å². The first-order valence-corrected chi connectivity index (χ1v) is 3.84.